The molecule has 0 amide bonds. The first-order valence-electron chi connectivity index (χ1n) is 7.61. The zero-order valence-electron chi connectivity index (χ0n) is 15.7. The number of halogens is 9. The van der Waals surface area contributed by atoms with Gasteiger partial charge in [0.25, 0.3) is 0 Å². The molecular formula is C15H12F9InO6. The minimum atomic E-state index is -5.29. The number of carbonyl (C=O) groups is 3. The van der Waals surface area contributed by atoms with Gasteiger partial charge in [-0.2, -0.15) is 0 Å². The summed E-state index contributed by atoms with van der Waals surface area (Å²) < 4.78 is 125. The molecule has 0 unspecified atom stereocenters. The third kappa shape index (κ3) is 11.7. The molecular weight excluding hydrogens is 562 g/mol. The molecule has 0 radical (unpaired) electrons. The molecule has 0 aliphatic rings. The van der Waals surface area contributed by atoms with Gasteiger partial charge in [0, 0.05) is 0 Å². The molecule has 0 aliphatic heterocycles. The molecule has 16 heteroatoms. The normalized spacial score (nSPS) is 14.1. The van der Waals surface area contributed by atoms with Crippen LogP contribution in [0.4, 0.5) is 39.5 Å². The van der Waals surface area contributed by atoms with Crippen LogP contribution < -0.4 is 0 Å². The van der Waals surface area contributed by atoms with E-state index in [0.717, 1.165) is 20.8 Å². The summed E-state index contributed by atoms with van der Waals surface area (Å²) in [7, 11) is 0. The summed E-state index contributed by atoms with van der Waals surface area (Å²) >= 11 is -4.84. The van der Waals surface area contributed by atoms with Crippen molar-refractivity contribution in [3.05, 3.63) is 35.5 Å². The van der Waals surface area contributed by atoms with Gasteiger partial charge in [-0.25, -0.2) is 0 Å². The third-order valence-corrected chi connectivity index (χ3v) is 7.52. The Bertz CT molecular complexity index is 686. The maximum absolute atomic E-state index is 12.3. The Morgan fingerprint density at radius 3 is 0.903 bits per heavy atom. The van der Waals surface area contributed by atoms with Crippen LogP contribution in [0, 0.1) is 0 Å². The van der Waals surface area contributed by atoms with Crippen molar-refractivity contribution in [1.29, 1.82) is 0 Å². The first-order valence-corrected chi connectivity index (χ1v) is 11.7. The molecule has 0 aromatic heterocycles. The van der Waals surface area contributed by atoms with Crippen LogP contribution in [-0.4, -0.2) is 58.6 Å². The second-order valence-corrected chi connectivity index (χ2v) is 9.16. The molecule has 0 saturated heterocycles. The van der Waals surface area contributed by atoms with Gasteiger partial charge in [0.2, 0.25) is 0 Å². The standard InChI is InChI=1S/3C5H5F3O2.In/c3*1-3(9)2-4(10)5(6,7)8;/h3*2,9H,1H3;/q;;;+3/p-3/b2*3-2+;3-2-;. The fraction of sp³-hybridized carbons (Fsp3) is 0.400. The van der Waals surface area contributed by atoms with Gasteiger partial charge in [0.15, 0.2) is 0 Å². The van der Waals surface area contributed by atoms with Crippen molar-refractivity contribution in [3.8, 4) is 0 Å². The zero-order chi connectivity index (χ0) is 24.8. The van der Waals surface area contributed by atoms with E-state index in [1.165, 1.54) is 0 Å². The number of allylic oxidation sites excluding steroid dienone is 6. The van der Waals surface area contributed by atoms with Gasteiger partial charge in [0.1, 0.15) is 0 Å². The molecule has 0 heterocycles. The quantitative estimate of drug-likeness (QED) is 0.234. The summed E-state index contributed by atoms with van der Waals surface area (Å²) in [6.45, 7) is 2.42. The van der Waals surface area contributed by atoms with E-state index in [9.17, 15) is 53.9 Å². The number of hydrogen-bond donors (Lipinski definition) is 0. The van der Waals surface area contributed by atoms with Crippen LogP contribution in [-0.2, 0) is 22.9 Å². The number of rotatable bonds is 9. The predicted octanol–water partition coefficient (Wildman–Crippen LogP) is 4.13. The molecule has 0 atom stereocenters. The summed E-state index contributed by atoms with van der Waals surface area (Å²) in [4.78, 5) is 32.7. The predicted molar refractivity (Wildman–Crippen MR) is 83.5 cm³/mol. The monoisotopic (exact) mass is 574 g/mol. The number of alkyl halides is 9. The van der Waals surface area contributed by atoms with Crippen LogP contribution in [0.5, 0.6) is 0 Å². The van der Waals surface area contributed by atoms with E-state index in [2.05, 4.69) is 0 Å². The van der Waals surface area contributed by atoms with Crippen LogP contribution in [0.3, 0.4) is 0 Å². The number of carbonyl (C=O) groups excluding carboxylic acids is 3. The first-order chi connectivity index (χ1) is 13.7. The molecule has 6 nitrogen and oxygen atoms in total. The minimum absolute atomic E-state index is 0.0591. The summed E-state index contributed by atoms with van der Waals surface area (Å²) in [5.41, 5.74) is 0. The van der Waals surface area contributed by atoms with Crippen LogP contribution in [0.2, 0.25) is 0 Å². The van der Waals surface area contributed by atoms with Gasteiger partial charge >= 0.3 is 177 Å². The van der Waals surface area contributed by atoms with Gasteiger partial charge in [-0.3, -0.25) is 0 Å². The van der Waals surface area contributed by atoms with Gasteiger partial charge in [-0.1, -0.05) is 0 Å². The van der Waals surface area contributed by atoms with Gasteiger partial charge in [-0.15, -0.1) is 0 Å². The summed E-state index contributed by atoms with van der Waals surface area (Å²) in [6.07, 6.45) is -16.0. The Morgan fingerprint density at radius 2 is 0.742 bits per heavy atom. The van der Waals surface area contributed by atoms with E-state index in [1.807, 2.05) is 0 Å². The van der Waals surface area contributed by atoms with Crippen molar-refractivity contribution in [2.45, 2.75) is 39.3 Å². The Labute approximate surface area is 177 Å². The van der Waals surface area contributed by atoms with Gasteiger partial charge < -0.3 is 0 Å². The third-order valence-electron chi connectivity index (χ3n) is 2.69. The van der Waals surface area contributed by atoms with Gasteiger partial charge in [-0.05, 0) is 0 Å². The fourth-order valence-electron chi connectivity index (χ4n) is 1.43. The van der Waals surface area contributed by atoms with Crippen LogP contribution in [0.15, 0.2) is 35.5 Å². The topological polar surface area (TPSA) is 78.9 Å². The second kappa shape index (κ2) is 10.9. The number of ketones is 3. The molecule has 31 heavy (non-hydrogen) atoms. The molecule has 0 N–H and O–H groups in total. The summed E-state index contributed by atoms with van der Waals surface area (Å²) in [5.74, 6) is -9.49. The van der Waals surface area contributed by atoms with E-state index in [1.54, 1.807) is 0 Å². The molecule has 0 saturated carbocycles. The van der Waals surface area contributed by atoms with Gasteiger partial charge in [0.05, 0.1) is 0 Å². The van der Waals surface area contributed by atoms with Crippen molar-refractivity contribution in [1.82, 2.24) is 0 Å². The molecule has 0 bridgehead atoms. The first kappa shape index (κ1) is 28.9. The van der Waals surface area contributed by atoms with Crippen molar-refractivity contribution >= 4 is 40.1 Å². The van der Waals surface area contributed by atoms with Crippen LogP contribution in [0.25, 0.3) is 0 Å². The second-order valence-electron chi connectivity index (χ2n) is 5.49. The molecule has 0 aromatic carbocycles. The van der Waals surface area contributed by atoms with Crippen molar-refractivity contribution in [2.75, 3.05) is 0 Å². The maximum atomic E-state index is 12.3. The van der Waals surface area contributed by atoms with E-state index < -0.39 is 75.9 Å². The van der Waals surface area contributed by atoms with E-state index >= 15 is 0 Å². The van der Waals surface area contributed by atoms with Crippen LogP contribution >= 0.6 is 0 Å². The van der Waals surface area contributed by atoms with Crippen molar-refractivity contribution < 1.29 is 62.5 Å². The Balaban J connectivity index is 5.72. The van der Waals surface area contributed by atoms with Crippen molar-refractivity contribution in [2.24, 2.45) is 0 Å². The summed E-state index contributed by atoms with van der Waals surface area (Å²) in [5, 5.41) is 0. The Hall–Kier alpha value is -2.13. The Kier molecular flexibility index (Phi) is 10.2. The molecule has 174 valence electrons. The van der Waals surface area contributed by atoms with E-state index in [-0.39, 0.29) is 18.2 Å². The SMILES string of the molecule is C/C(=C/C(=O)C(F)(F)F)[O][In]([O]/C(C)=C/C(=O)C(F)(F)F)[O]/C(C)=C/C(=O)C(F)(F)F. The number of hydrogen-bond acceptors (Lipinski definition) is 6. The van der Waals surface area contributed by atoms with E-state index in [4.69, 9.17) is 8.56 Å². The average Bonchev–Trinajstić information content (AvgIpc) is 2.51. The van der Waals surface area contributed by atoms with E-state index in [0.29, 0.717) is 0 Å². The zero-order valence-corrected chi connectivity index (χ0v) is 19.0. The molecule has 0 aromatic rings. The fourth-order valence-corrected chi connectivity index (χ4v) is 5.02. The van der Waals surface area contributed by atoms with Crippen molar-refractivity contribution in [3.63, 3.8) is 0 Å². The van der Waals surface area contributed by atoms with Crippen LogP contribution in [0.1, 0.15) is 20.8 Å². The average molecular weight is 574 g/mol. The molecule has 0 spiro atoms. The summed E-state index contributed by atoms with van der Waals surface area (Å²) in [6, 6.07) is 0. The molecule has 0 rings (SSSR count). The molecule has 0 fully saturated rings. The Morgan fingerprint density at radius 1 is 0.548 bits per heavy atom. The molecule has 0 aliphatic carbocycles.